The Labute approximate surface area is 215 Å². The van der Waals surface area contributed by atoms with E-state index in [1.54, 1.807) is 0 Å². The first-order valence-electron chi connectivity index (χ1n) is 11.5. The van der Waals surface area contributed by atoms with Crippen molar-refractivity contribution in [3.8, 4) is 0 Å². The van der Waals surface area contributed by atoms with Crippen molar-refractivity contribution in [2.75, 3.05) is 26.8 Å². The molecule has 0 aliphatic carbocycles. The number of pyridine rings is 1. The van der Waals surface area contributed by atoms with Gasteiger partial charge in [-0.25, -0.2) is 13.1 Å². The van der Waals surface area contributed by atoms with Crippen molar-refractivity contribution >= 4 is 27.7 Å². The van der Waals surface area contributed by atoms with Crippen LogP contribution >= 0.6 is 0 Å². The molecule has 0 saturated carbocycles. The second-order valence-electron chi connectivity index (χ2n) is 7.98. The smallest absolute Gasteiger partial charge is 0.269 e. The number of ether oxygens (including phenoxy) is 1. The second kappa shape index (κ2) is 13.3. The van der Waals surface area contributed by atoms with E-state index in [0.29, 0.717) is 25.3 Å². The number of sulfonamides is 1. The van der Waals surface area contributed by atoms with E-state index in [-0.39, 0.29) is 22.1 Å². The van der Waals surface area contributed by atoms with Crippen LogP contribution in [0.4, 0.5) is 0 Å². The minimum Gasteiger partial charge on any atom is -0.383 e. The highest BCUT2D eigenvalue weighted by Crippen LogP contribution is 2.12. The van der Waals surface area contributed by atoms with Crippen LogP contribution in [0, 0.1) is 0 Å². The number of hydrogen-bond donors (Lipinski definition) is 3. The molecule has 0 spiro atoms. The standard InChI is InChI=1S/C26H28N4O6S/c1-36-17-16-28-26(33)23-14-11-21(18-29-23)25(32)30-37(34,35)22-12-9-20(10-13-22)24(31)27-15-5-8-19-6-3-2-4-7-19/h2-4,6-7,9-14,18H,5,8,15-17H2,1H3,(H,27,31)(H,28,33)(H,30,32). The van der Waals surface area contributed by atoms with Crippen LogP contribution in [-0.4, -0.2) is 57.9 Å². The van der Waals surface area contributed by atoms with Crippen LogP contribution in [0.2, 0.25) is 0 Å². The fourth-order valence-corrected chi connectivity index (χ4v) is 4.26. The molecule has 3 rings (SSSR count). The van der Waals surface area contributed by atoms with Gasteiger partial charge in [0, 0.05) is 32.0 Å². The van der Waals surface area contributed by atoms with Gasteiger partial charge in [0.15, 0.2) is 0 Å². The van der Waals surface area contributed by atoms with Gasteiger partial charge in [0.05, 0.1) is 17.1 Å². The summed E-state index contributed by atoms with van der Waals surface area (Å²) in [5.41, 5.74) is 1.52. The van der Waals surface area contributed by atoms with Gasteiger partial charge < -0.3 is 15.4 Å². The zero-order chi connectivity index (χ0) is 26.7. The number of hydrogen-bond acceptors (Lipinski definition) is 7. The summed E-state index contributed by atoms with van der Waals surface area (Å²) in [5, 5.41) is 5.40. The van der Waals surface area contributed by atoms with Gasteiger partial charge in [0.25, 0.3) is 27.7 Å². The lowest BCUT2D eigenvalue weighted by Gasteiger charge is -2.09. The Kier molecular flexibility index (Phi) is 9.87. The van der Waals surface area contributed by atoms with Gasteiger partial charge in [0.2, 0.25) is 0 Å². The summed E-state index contributed by atoms with van der Waals surface area (Å²) >= 11 is 0. The average Bonchev–Trinajstić information content (AvgIpc) is 2.91. The molecule has 2 aromatic carbocycles. The predicted octanol–water partition coefficient (Wildman–Crippen LogP) is 1.94. The highest BCUT2D eigenvalue weighted by atomic mass is 32.2. The molecular weight excluding hydrogens is 496 g/mol. The summed E-state index contributed by atoms with van der Waals surface area (Å²) in [6.45, 7) is 1.11. The van der Waals surface area contributed by atoms with Crippen LogP contribution in [0.1, 0.15) is 43.2 Å². The van der Waals surface area contributed by atoms with Gasteiger partial charge in [-0.2, -0.15) is 0 Å². The highest BCUT2D eigenvalue weighted by molar-refractivity contribution is 7.90. The fraction of sp³-hybridized carbons (Fsp3) is 0.231. The van der Waals surface area contributed by atoms with E-state index in [9.17, 15) is 22.8 Å². The summed E-state index contributed by atoms with van der Waals surface area (Å²) in [4.78, 5) is 40.5. The first kappa shape index (κ1) is 27.5. The molecule has 3 aromatic rings. The third-order valence-electron chi connectivity index (χ3n) is 5.27. The zero-order valence-electron chi connectivity index (χ0n) is 20.3. The van der Waals surface area contributed by atoms with Crippen LogP contribution in [0.15, 0.2) is 77.8 Å². The quantitative estimate of drug-likeness (QED) is 0.307. The average molecular weight is 525 g/mol. The number of carbonyl (C=O) groups excluding carboxylic acids is 3. The summed E-state index contributed by atoms with van der Waals surface area (Å²) in [6.07, 6.45) is 2.71. The van der Waals surface area contributed by atoms with Gasteiger partial charge >= 0.3 is 0 Å². The lowest BCUT2D eigenvalue weighted by Crippen LogP contribution is -2.31. The van der Waals surface area contributed by atoms with Crippen molar-refractivity contribution in [3.63, 3.8) is 0 Å². The minimum absolute atomic E-state index is 0.0384. The first-order chi connectivity index (χ1) is 17.8. The van der Waals surface area contributed by atoms with Crippen molar-refractivity contribution in [2.45, 2.75) is 17.7 Å². The van der Waals surface area contributed by atoms with E-state index < -0.39 is 21.8 Å². The molecule has 0 aliphatic rings. The van der Waals surface area contributed by atoms with Crippen LogP contribution < -0.4 is 15.4 Å². The molecule has 0 saturated heterocycles. The van der Waals surface area contributed by atoms with Crippen molar-refractivity contribution in [1.82, 2.24) is 20.3 Å². The van der Waals surface area contributed by atoms with E-state index in [1.807, 2.05) is 35.1 Å². The fourth-order valence-electron chi connectivity index (χ4n) is 3.29. The maximum absolute atomic E-state index is 12.6. The van der Waals surface area contributed by atoms with E-state index in [2.05, 4.69) is 15.6 Å². The molecule has 0 bridgehead atoms. The Balaban J connectivity index is 1.52. The Morgan fingerprint density at radius 2 is 1.49 bits per heavy atom. The molecule has 0 unspecified atom stereocenters. The van der Waals surface area contributed by atoms with Crippen LogP contribution in [0.5, 0.6) is 0 Å². The molecule has 37 heavy (non-hydrogen) atoms. The molecule has 1 aromatic heterocycles. The maximum Gasteiger partial charge on any atom is 0.269 e. The van der Waals surface area contributed by atoms with E-state index >= 15 is 0 Å². The normalized spacial score (nSPS) is 10.9. The third kappa shape index (κ3) is 8.23. The third-order valence-corrected chi connectivity index (χ3v) is 6.62. The van der Waals surface area contributed by atoms with Crippen LogP contribution in [0.3, 0.4) is 0 Å². The second-order valence-corrected chi connectivity index (χ2v) is 9.67. The predicted molar refractivity (Wildman–Crippen MR) is 137 cm³/mol. The van der Waals surface area contributed by atoms with Crippen LogP contribution in [-0.2, 0) is 21.2 Å². The van der Waals surface area contributed by atoms with Gasteiger partial charge in [-0.15, -0.1) is 0 Å². The van der Waals surface area contributed by atoms with E-state index in [4.69, 9.17) is 4.74 Å². The monoisotopic (exact) mass is 524 g/mol. The van der Waals surface area contributed by atoms with Crippen molar-refractivity contribution in [1.29, 1.82) is 0 Å². The molecule has 0 aliphatic heterocycles. The van der Waals surface area contributed by atoms with Gasteiger partial charge in [-0.05, 0) is 54.8 Å². The molecule has 0 atom stereocenters. The molecule has 0 radical (unpaired) electrons. The summed E-state index contributed by atoms with van der Waals surface area (Å²) in [6, 6.07) is 17.8. The molecule has 194 valence electrons. The Morgan fingerprint density at radius 1 is 0.811 bits per heavy atom. The Hall–Kier alpha value is -4.09. The zero-order valence-corrected chi connectivity index (χ0v) is 21.1. The molecule has 11 heteroatoms. The minimum atomic E-state index is -4.20. The van der Waals surface area contributed by atoms with E-state index in [0.717, 1.165) is 19.0 Å². The Bertz CT molecular complexity index is 1310. The number of methoxy groups -OCH3 is 1. The van der Waals surface area contributed by atoms with Gasteiger partial charge in [0.1, 0.15) is 5.69 Å². The number of benzene rings is 2. The first-order valence-corrected chi connectivity index (χ1v) is 13.0. The summed E-state index contributed by atoms with van der Waals surface area (Å²) < 4.78 is 32.1. The molecule has 3 amide bonds. The van der Waals surface area contributed by atoms with Crippen molar-refractivity contribution in [2.24, 2.45) is 0 Å². The summed E-state index contributed by atoms with van der Waals surface area (Å²) in [5.74, 6) is -1.67. The lowest BCUT2D eigenvalue weighted by atomic mass is 10.1. The van der Waals surface area contributed by atoms with Crippen LogP contribution in [0.25, 0.3) is 0 Å². The van der Waals surface area contributed by atoms with Crippen molar-refractivity contribution in [3.05, 3.63) is 95.3 Å². The number of nitrogens with zero attached hydrogens (tertiary/aromatic N) is 1. The maximum atomic E-state index is 12.6. The number of carbonyl (C=O) groups is 3. The molecule has 10 nitrogen and oxygen atoms in total. The number of amides is 3. The number of rotatable bonds is 12. The van der Waals surface area contributed by atoms with Gasteiger partial charge in [-0.3, -0.25) is 19.4 Å². The molecular formula is C26H28N4O6S. The number of nitrogens with one attached hydrogen (secondary N) is 3. The molecule has 3 N–H and O–H groups in total. The number of aryl methyl sites for hydroxylation is 1. The van der Waals surface area contributed by atoms with Gasteiger partial charge in [-0.1, -0.05) is 30.3 Å². The largest absolute Gasteiger partial charge is 0.383 e. The number of aromatic nitrogens is 1. The van der Waals surface area contributed by atoms with E-state index in [1.165, 1.54) is 49.1 Å². The topological polar surface area (TPSA) is 144 Å². The Morgan fingerprint density at radius 3 is 2.14 bits per heavy atom. The molecule has 0 fully saturated rings. The SMILES string of the molecule is COCCNC(=O)c1ccc(C(=O)NS(=O)(=O)c2ccc(C(=O)NCCCc3ccccc3)cc2)cn1. The summed E-state index contributed by atoms with van der Waals surface area (Å²) in [7, 11) is -2.69. The highest BCUT2D eigenvalue weighted by Gasteiger charge is 2.20. The lowest BCUT2D eigenvalue weighted by molar-refractivity contribution is 0.0927. The van der Waals surface area contributed by atoms with Crippen molar-refractivity contribution < 1.29 is 27.5 Å². The molecule has 1 heterocycles.